The number of hydrogen-bond acceptors (Lipinski definition) is 7. The molecule has 1 aromatic carbocycles. The first-order valence-electron chi connectivity index (χ1n) is 9.69. The minimum Gasteiger partial charge on any atom is -0.456 e. The first-order chi connectivity index (χ1) is 14.2. The molecule has 2 aromatic heterocycles. The molecular formula is C21H23N5O3. The Hall–Kier alpha value is -3.26. The van der Waals surface area contributed by atoms with Gasteiger partial charge in [-0.2, -0.15) is 0 Å². The molecule has 8 nitrogen and oxygen atoms in total. The van der Waals surface area contributed by atoms with Crippen molar-refractivity contribution in [2.75, 3.05) is 11.9 Å². The van der Waals surface area contributed by atoms with Crippen molar-refractivity contribution in [1.29, 1.82) is 0 Å². The number of piperidine rings is 1. The number of anilines is 1. The average molecular weight is 393 g/mol. The minimum absolute atomic E-state index is 0.0261. The summed E-state index contributed by atoms with van der Waals surface area (Å²) in [6.45, 7) is 3.08. The van der Waals surface area contributed by atoms with Gasteiger partial charge in [0, 0.05) is 18.8 Å². The second kappa shape index (κ2) is 8.83. The van der Waals surface area contributed by atoms with Crippen LogP contribution in [0.15, 0.2) is 53.2 Å². The van der Waals surface area contributed by atoms with E-state index in [1.807, 2.05) is 36.4 Å². The van der Waals surface area contributed by atoms with Crippen molar-refractivity contribution >= 4 is 11.6 Å². The summed E-state index contributed by atoms with van der Waals surface area (Å²) >= 11 is 0. The van der Waals surface area contributed by atoms with E-state index in [4.69, 9.17) is 9.15 Å². The summed E-state index contributed by atoms with van der Waals surface area (Å²) in [6, 6.07) is 10.7. The molecular weight excluding hydrogens is 370 g/mol. The molecule has 1 unspecified atom stereocenters. The molecule has 0 radical (unpaired) electrons. The molecule has 0 bridgehead atoms. The van der Waals surface area contributed by atoms with Gasteiger partial charge in [-0.25, -0.2) is 0 Å². The molecule has 1 fully saturated rings. The maximum atomic E-state index is 12.9. The van der Waals surface area contributed by atoms with Crippen molar-refractivity contribution in [1.82, 2.24) is 20.1 Å². The van der Waals surface area contributed by atoms with Crippen molar-refractivity contribution in [2.45, 2.75) is 38.8 Å². The summed E-state index contributed by atoms with van der Waals surface area (Å²) in [5.41, 5.74) is 0.729. The second-order valence-corrected chi connectivity index (χ2v) is 7.00. The van der Waals surface area contributed by atoms with E-state index in [1.54, 1.807) is 19.3 Å². The maximum absolute atomic E-state index is 12.9. The van der Waals surface area contributed by atoms with Crippen LogP contribution in [0.1, 0.15) is 31.0 Å². The van der Waals surface area contributed by atoms with E-state index in [0.29, 0.717) is 29.8 Å². The smallest absolute Gasteiger partial charge is 0.241 e. The molecule has 150 valence electrons. The van der Waals surface area contributed by atoms with Crippen LogP contribution in [0.5, 0.6) is 11.5 Å². The lowest BCUT2D eigenvalue weighted by Crippen LogP contribution is -2.46. The fourth-order valence-corrected chi connectivity index (χ4v) is 3.43. The Morgan fingerprint density at radius 3 is 2.79 bits per heavy atom. The predicted molar refractivity (Wildman–Crippen MR) is 106 cm³/mol. The number of carbonyl (C=O) groups excluding carboxylic acids is 1. The van der Waals surface area contributed by atoms with Crippen LogP contribution in [0, 0.1) is 6.92 Å². The molecule has 29 heavy (non-hydrogen) atoms. The number of likely N-dealkylation sites (tertiary alicyclic amines) is 1. The van der Waals surface area contributed by atoms with Gasteiger partial charge in [-0.15, -0.1) is 10.2 Å². The lowest BCUT2D eigenvalue weighted by molar-refractivity contribution is -0.122. The molecule has 4 rings (SSSR count). The van der Waals surface area contributed by atoms with E-state index < -0.39 is 0 Å². The van der Waals surface area contributed by atoms with Gasteiger partial charge in [-0.1, -0.05) is 6.42 Å². The lowest BCUT2D eigenvalue weighted by atomic mass is 10.0. The second-order valence-electron chi connectivity index (χ2n) is 7.00. The summed E-state index contributed by atoms with van der Waals surface area (Å²) < 4.78 is 11.2. The average Bonchev–Trinajstić information content (AvgIpc) is 3.15. The predicted octanol–water partition coefficient (Wildman–Crippen LogP) is 3.56. The number of nitrogens with zero attached hydrogens (tertiary/aromatic N) is 4. The third kappa shape index (κ3) is 4.97. The Bertz CT molecular complexity index is 942. The van der Waals surface area contributed by atoms with Crippen molar-refractivity contribution in [3.05, 3.63) is 60.6 Å². The molecule has 1 saturated heterocycles. The van der Waals surface area contributed by atoms with Crippen LogP contribution in [-0.4, -0.2) is 38.6 Å². The SMILES string of the molecule is Cc1nnc(CN2CCCCC2C(=O)Nc2ccc(Oc3cccnc3)cc2)o1. The Balaban J connectivity index is 1.38. The van der Waals surface area contributed by atoms with Gasteiger partial charge < -0.3 is 14.5 Å². The van der Waals surface area contributed by atoms with Crippen LogP contribution in [0.3, 0.4) is 0 Å². The molecule has 0 aliphatic carbocycles. The first-order valence-corrected chi connectivity index (χ1v) is 9.69. The highest BCUT2D eigenvalue weighted by atomic mass is 16.5. The summed E-state index contributed by atoms with van der Waals surface area (Å²) in [5, 5.41) is 10.9. The van der Waals surface area contributed by atoms with Gasteiger partial charge >= 0.3 is 0 Å². The van der Waals surface area contributed by atoms with Crippen LogP contribution < -0.4 is 10.1 Å². The quantitative estimate of drug-likeness (QED) is 0.684. The van der Waals surface area contributed by atoms with Crippen LogP contribution in [0.2, 0.25) is 0 Å². The molecule has 3 aromatic rings. The molecule has 1 amide bonds. The van der Waals surface area contributed by atoms with E-state index in [2.05, 4.69) is 25.4 Å². The highest BCUT2D eigenvalue weighted by molar-refractivity contribution is 5.94. The van der Waals surface area contributed by atoms with Crippen LogP contribution in [-0.2, 0) is 11.3 Å². The number of hydrogen-bond donors (Lipinski definition) is 1. The summed E-state index contributed by atoms with van der Waals surface area (Å²) in [5.74, 6) is 2.40. The molecule has 0 spiro atoms. The van der Waals surface area contributed by atoms with Crippen molar-refractivity contribution in [2.24, 2.45) is 0 Å². The molecule has 1 aliphatic rings. The van der Waals surface area contributed by atoms with Gasteiger partial charge in [0.25, 0.3) is 0 Å². The van der Waals surface area contributed by atoms with Crippen molar-refractivity contribution < 1.29 is 13.9 Å². The van der Waals surface area contributed by atoms with Crippen molar-refractivity contribution in [3.8, 4) is 11.5 Å². The number of amides is 1. The number of rotatable bonds is 6. The number of ether oxygens (including phenoxy) is 1. The number of aryl methyl sites for hydroxylation is 1. The maximum Gasteiger partial charge on any atom is 0.241 e. The Kier molecular flexibility index (Phi) is 5.81. The molecule has 0 saturated carbocycles. The largest absolute Gasteiger partial charge is 0.456 e. The molecule has 3 heterocycles. The third-order valence-corrected chi connectivity index (χ3v) is 4.81. The van der Waals surface area contributed by atoms with Crippen LogP contribution >= 0.6 is 0 Å². The lowest BCUT2D eigenvalue weighted by Gasteiger charge is -2.33. The Labute approximate surface area is 168 Å². The van der Waals surface area contributed by atoms with Gasteiger partial charge in [-0.3, -0.25) is 14.7 Å². The molecule has 8 heteroatoms. The van der Waals surface area contributed by atoms with E-state index in [9.17, 15) is 4.79 Å². The zero-order chi connectivity index (χ0) is 20.1. The number of aromatic nitrogens is 3. The summed E-state index contributed by atoms with van der Waals surface area (Å²) in [4.78, 5) is 19.0. The molecule has 1 aliphatic heterocycles. The Morgan fingerprint density at radius 1 is 1.21 bits per heavy atom. The highest BCUT2D eigenvalue weighted by Crippen LogP contribution is 2.24. The van der Waals surface area contributed by atoms with E-state index in [-0.39, 0.29) is 11.9 Å². The normalized spacial score (nSPS) is 17.1. The minimum atomic E-state index is -0.220. The van der Waals surface area contributed by atoms with Gasteiger partial charge in [-0.05, 0) is 55.8 Å². The van der Waals surface area contributed by atoms with Gasteiger partial charge in [0.2, 0.25) is 17.7 Å². The van der Waals surface area contributed by atoms with Crippen LogP contribution in [0.4, 0.5) is 5.69 Å². The number of benzene rings is 1. The van der Waals surface area contributed by atoms with Gasteiger partial charge in [0.1, 0.15) is 11.5 Å². The summed E-state index contributed by atoms with van der Waals surface area (Å²) in [7, 11) is 0. The standard InChI is InChI=1S/C21H23N5O3/c1-15-24-25-20(28-15)14-26-12-3-2-6-19(26)21(27)23-16-7-9-17(10-8-16)29-18-5-4-11-22-13-18/h4-5,7-11,13,19H,2-3,6,12,14H2,1H3,(H,23,27). The number of carbonyl (C=O) groups is 1. The Morgan fingerprint density at radius 2 is 2.07 bits per heavy atom. The monoisotopic (exact) mass is 393 g/mol. The first kappa shape index (κ1) is 19.1. The zero-order valence-electron chi connectivity index (χ0n) is 16.2. The van der Waals surface area contributed by atoms with E-state index >= 15 is 0 Å². The topological polar surface area (TPSA) is 93.4 Å². The molecule has 1 atom stereocenters. The van der Waals surface area contributed by atoms with E-state index in [1.165, 1.54) is 0 Å². The van der Waals surface area contributed by atoms with E-state index in [0.717, 1.165) is 31.5 Å². The fourth-order valence-electron chi connectivity index (χ4n) is 3.43. The van der Waals surface area contributed by atoms with Crippen LogP contribution in [0.25, 0.3) is 0 Å². The summed E-state index contributed by atoms with van der Waals surface area (Å²) in [6.07, 6.45) is 6.23. The zero-order valence-corrected chi connectivity index (χ0v) is 16.2. The highest BCUT2D eigenvalue weighted by Gasteiger charge is 2.29. The fraction of sp³-hybridized carbons (Fsp3) is 0.333. The third-order valence-electron chi connectivity index (χ3n) is 4.81. The van der Waals surface area contributed by atoms with Gasteiger partial charge in [0.05, 0.1) is 18.8 Å². The van der Waals surface area contributed by atoms with Crippen molar-refractivity contribution in [3.63, 3.8) is 0 Å². The number of pyridine rings is 1. The molecule has 1 N–H and O–H groups in total. The number of nitrogens with one attached hydrogen (secondary N) is 1. The van der Waals surface area contributed by atoms with Gasteiger partial charge in [0.15, 0.2) is 0 Å².